The van der Waals surface area contributed by atoms with Crippen molar-refractivity contribution in [3.8, 4) is 0 Å². The molecule has 0 aromatic rings. The normalized spacial score (nSPS) is 39.4. The molecule has 1 saturated carbocycles. The highest BCUT2D eigenvalue weighted by Crippen LogP contribution is 2.50. The topological polar surface area (TPSA) is 29.5 Å². The molecule has 2 atom stereocenters. The Balaban J connectivity index is 2.80. The van der Waals surface area contributed by atoms with Crippen molar-refractivity contribution in [3.63, 3.8) is 0 Å². The SMILES string of the molecule is C=C(COC)C1(C)CCCC1(C)O. The van der Waals surface area contributed by atoms with Gasteiger partial charge in [-0.15, -0.1) is 0 Å². The maximum absolute atomic E-state index is 10.2. The molecule has 0 bridgehead atoms. The molecule has 0 amide bonds. The van der Waals surface area contributed by atoms with Crippen molar-refractivity contribution >= 4 is 0 Å². The molecule has 2 unspecified atom stereocenters. The third-order valence-corrected chi connectivity index (χ3v) is 3.63. The molecule has 1 N–H and O–H groups in total. The van der Waals surface area contributed by atoms with E-state index < -0.39 is 5.60 Å². The Morgan fingerprint density at radius 3 is 2.46 bits per heavy atom. The molecule has 13 heavy (non-hydrogen) atoms. The Labute approximate surface area is 80.6 Å². The molecule has 0 aliphatic heterocycles. The molecule has 1 rings (SSSR count). The Morgan fingerprint density at radius 2 is 2.08 bits per heavy atom. The molecule has 2 heteroatoms. The fourth-order valence-electron chi connectivity index (χ4n) is 2.22. The van der Waals surface area contributed by atoms with Gasteiger partial charge in [0.25, 0.3) is 0 Å². The summed E-state index contributed by atoms with van der Waals surface area (Å²) >= 11 is 0. The number of aliphatic hydroxyl groups is 1. The van der Waals surface area contributed by atoms with Gasteiger partial charge in [0, 0.05) is 12.5 Å². The number of rotatable bonds is 3. The van der Waals surface area contributed by atoms with E-state index in [0.717, 1.165) is 24.8 Å². The van der Waals surface area contributed by atoms with Crippen LogP contribution in [0, 0.1) is 5.41 Å². The quantitative estimate of drug-likeness (QED) is 0.681. The van der Waals surface area contributed by atoms with Crippen LogP contribution in [0.1, 0.15) is 33.1 Å². The molecular weight excluding hydrogens is 164 g/mol. The third-order valence-electron chi connectivity index (χ3n) is 3.63. The van der Waals surface area contributed by atoms with Crippen molar-refractivity contribution in [1.29, 1.82) is 0 Å². The maximum Gasteiger partial charge on any atom is 0.0710 e. The molecule has 1 aliphatic rings. The highest BCUT2D eigenvalue weighted by molar-refractivity contribution is 5.19. The van der Waals surface area contributed by atoms with E-state index in [2.05, 4.69) is 13.5 Å². The monoisotopic (exact) mass is 184 g/mol. The first-order chi connectivity index (χ1) is 5.94. The average Bonchev–Trinajstić information content (AvgIpc) is 2.28. The summed E-state index contributed by atoms with van der Waals surface area (Å²) in [6, 6.07) is 0. The van der Waals surface area contributed by atoms with Gasteiger partial charge < -0.3 is 9.84 Å². The standard InChI is InChI=1S/C11H20O2/c1-9(8-13-4)10(2)6-5-7-11(10,3)12/h12H,1,5-8H2,2-4H3. The summed E-state index contributed by atoms with van der Waals surface area (Å²) in [7, 11) is 1.66. The van der Waals surface area contributed by atoms with Crippen LogP contribution in [0.25, 0.3) is 0 Å². The summed E-state index contributed by atoms with van der Waals surface area (Å²) in [5.74, 6) is 0. The minimum Gasteiger partial charge on any atom is -0.389 e. The summed E-state index contributed by atoms with van der Waals surface area (Å²) in [5, 5.41) is 10.2. The number of ether oxygens (including phenoxy) is 1. The molecule has 0 saturated heterocycles. The van der Waals surface area contributed by atoms with Crippen LogP contribution in [0.3, 0.4) is 0 Å². The second kappa shape index (κ2) is 3.43. The predicted octanol–water partition coefficient (Wildman–Crippen LogP) is 2.13. The summed E-state index contributed by atoms with van der Waals surface area (Å²) in [6.07, 6.45) is 2.96. The summed E-state index contributed by atoms with van der Waals surface area (Å²) in [6.45, 7) is 8.55. The lowest BCUT2D eigenvalue weighted by molar-refractivity contribution is -0.0209. The van der Waals surface area contributed by atoms with E-state index in [0.29, 0.717) is 6.61 Å². The highest BCUT2D eigenvalue weighted by Gasteiger charge is 2.48. The van der Waals surface area contributed by atoms with E-state index in [-0.39, 0.29) is 5.41 Å². The smallest absolute Gasteiger partial charge is 0.0710 e. The first-order valence-corrected chi connectivity index (χ1v) is 4.83. The van der Waals surface area contributed by atoms with E-state index in [9.17, 15) is 5.11 Å². The minimum absolute atomic E-state index is 0.164. The van der Waals surface area contributed by atoms with Gasteiger partial charge in [-0.2, -0.15) is 0 Å². The van der Waals surface area contributed by atoms with Gasteiger partial charge in [0.2, 0.25) is 0 Å². The van der Waals surface area contributed by atoms with Crippen molar-refractivity contribution in [3.05, 3.63) is 12.2 Å². The van der Waals surface area contributed by atoms with Crippen LogP contribution in [0.2, 0.25) is 0 Å². The Hall–Kier alpha value is -0.340. The molecule has 0 spiro atoms. The van der Waals surface area contributed by atoms with Gasteiger partial charge in [-0.25, -0.2) is 0 Å². The Morgan fingerprint density at radius 1 is 1.46 bits per heavy atom. The lowest BCUT2D eigenvalue weighted by Gasteiger charge is -2.38. The molecule has 0 radical (unpaired) electrons. The zero-order valence-corrected chi connectivity index (χ0v) is 8.89. The summed E-state index contributed by atoms with van der Waals surface area (Å²) in [4.78, 5) is 0. The van der Waals surface area contributed by atoms with Gasteiger partial charge in [0.05, 0.1) is 12.2 Å². The van der Waals surface area contributed by atoms with E-state index in [1.165, 1.54) is 0 Å². The highest BCUT2D eigenvalue weighted by atomic mass is 16.5. The molecule has 2 nitrogen and oxygen atoms in total. The molecular formula is C11H20O2. The number of hydrogen-bond donors (Lipinski definition) is 1. The molecule has 0 aromatic carbocycles. The van der Waals surface area contributed by atoms with E-state index in [1.54, 1.807) is 7.11 Å². The van der Waals surface area contributed by atoms with E-state index in [4.69, 9.17) is 4.74 Å². The van der Waals surface area contributed by atoms with Crippen molar-refractivity contribution in [2.24, 2.45) is 5.41 Å². The van der Waals surface area contributed by atoms with Crippen molar-refractivity contribution in [2.45, 2.75) is 38.7 Å². The van der Waals surface area contributed by atoms with Crippen LogP contribution in [0.4, 0.5) is 0 Å². The van der Waals surface area contributed by atoms with Crippen molar-refractivity contribution in [1.82, 2.24) is 0 Å². The van der Waals surface area contributed by atoms with Crippen molar-refractivity contribution < 1.29 is 9.84 Å². The molecule has 1 aliphatic carbocycles. The zero-order valence-electron chi connectivity index (χ0n) is 8.89. The summed E-state index contributed by atoms with van der Waals surface area (Å²) in [5.41, 5.74) is 0.239. The second-order valence-corrected chi connectivity index (χ2v) is 4.50. The van der Waals surface area contributed by atoms with Crippen LogP contribution in [0.15, 0.2) is 12.2 Å². The third kappa shape index (κ3) is 1.65. The van der Waals surface area contributed by atoms with Crippen LogP contribution in [0.5, 0.6) is 0 Å². The Kier molecular flexibility index (Phi) is 2.83. The maximum atomic E-state index is 10.2. The number of methoxy groups -OCH3 is 1. The molecule has 0 heterocycles. The second-order valence-electron chi connectivity index (χ2n) is 4.50. The van der Waals surface area contributed by atoms with Gasteiger partial charge in [0.1, 0.15) is 0 Å². The van der Waals surface area contributed by atoms with Crippen LogP contribution >= 0.6 is 0 Å². The molecule has 0 aromatic heterocycles. The fraction of sp³-hybridized carbons (Fsp3) is 0.818. The van der Waals surface area contributed by atoms with E-state index in [1.807, 2.05) is 6.92 Å². The van der Waals surface area contributed by atoms with E-state index >= 15 is 0 Å². The largest absolute Gasteiger partial charge is 0.389 e. The lowest BCUT2D eigenvalue weighted by atomic mass is 9.72. The zero-order chi connectivity index (χ0) is 10.1. The molecule has 76 valence electrons. The molecule has 1 fully saturated rings. The average molecular weight is 184 g/mol. The lowest BCUT2D eigenvalue weighted by Crippen LogP contribution is -2.41. The van der Waals surface area contributed by atoms with Gasteiger partial charge in [-0.3, -0.25) is 0 Å². The van der Waals surface area contributed by atoms with Crippen LogP contribution < -0.4 is 0 Å². The summed E-state index contributed by atoms with van der Waals surface area (Å²) < 4.78 is 5.06. The first kappa shape index (κ1) is 10.7. The minimum atomic E-state index is -0.609. The predicted molar refractivity (Wildman–Crippen MR) is 53.6 cm³/mol. The van der Waals surface area contributed by atoms with Gasteiger partial charge in [-0.05, 0) is 31.8 Å². The van der Waals surface area contributed by atoms with Crippen molar-refractivity contribution in [2.75, 3.05) is 13.7 Å². The van der Waals surface area contributed by atoms with Crippen LogP contribution in [-0.4, -0.2) is 24.4 Å². The fourth-order valence-corrected chi connectivity index (χ4v) is 2.22. The van der Waals surface area contributed by atoms with Crippen LogP contribution in [-0.2, 0) is 4.74 Å². The first-order valence-electron chi connectivity index (χ1n) is 4.83. The van der Waals surface area contributed by atoms with Gasteiger partial charge >= 0.3 is 0 Å². The Bertz CT molecular complexity index is 208. The van der Waals surface area contributed by atoms with Gasteiger partial charge in [0.15, 0.2) is 0 Å². The number of hydrogen-bond acceptors (Lipinski definition) is 2. The van der Waals surface area contributed by atoms with Gasteiger partial charge in [-0.1, -0.05) is 13.5 Å².